The molecule has 0 unspecified atom stereocenters. The molecular weight excluding hydrogens is 462 g/mol. The van der Waals surface area contributed by atoms with E-state index in [0.717, 1.165) is 46.7 Å². The van der Waals surface area contributed by atoms with Crippen LogP contribution in [0.25, 0.3) is 23.0 Å². The van der Waals surface area contributed by atoms with Crippen LogP contribution >= 0.6 is 24.0 Å². The minimum atomic E-state index is -0.0557. The van der Waals surface area contributed by atoms with Crippen LogP contribution in [-0.4, -0.2) is 37.6 Å². The zero-order valence-electron chi connectivity index (χ0n) is 19.9. The minimum Gasteiger partial charge on any atom is -0.494 e. The van der Waals surface area contributed by atoms with Crippen LogP contribution in [0.4, 0.5) is 0 Å². The largest absolute Gasteiger partial charge is 0.494 e. The number of aryl methyl sites for hydroxylation is 1. The van der Waals surface area contributed by atoms with Crippen LogP contribution in [0, 0.1) is 6.92 Å². The predicted molar refractivity (Wildman–Crippen MR) is 144 cm³/mol. The van der Waals surface area contributed by atoms with Crippen molar-refractivity contribution in [3.05, 3.63) is 70.8 Å². The molecule has 5 nitrogen and oxygen atoms in total. The minimum absolute atomic E-state index is 0.0207. The lowest BCUT2D eigenvalue weighted by Crippen LogP contribution is -2.34. The molecule has 0 atom stereocenters. The maximum Gasteiger partial charge on any atom is 0.266 e. The molecule has 7 heteroatoms. The van der Waals surface area contributed by atoms with E-state index < -0.39 is 0 Å². The van der Waals surface area contributed by atoms with Crippen molar-refractivity contribution in [1.82, 2.24) is 14.7 Å². The summed E-state index contributed by atoms with van der Waals surface area (Å²) in [5.74, 6) is 0.802. The van der Waals surface area contributed by atoms with Gasteiger partial charge in [0.05, 0.1) is 17.2 Å². The number of benzene rings is 2. The molecule has 176 valence electrons. The Morgan fingerprint density at radius 3 is 2.59 bits per heavy atom. The van der Waals surface area contributed by atoms with Crippen molar-refractivity contribution in [2.45, 2.75) is 46.6 Å². The second-order valence-corrected chi connectivity index (χ2v) is 10.2. The number of thiocarbonyl (C=S) groups is 1. The first-order valence-corrected chi connectivity index (χ1v) is 12.8. The molecule has 0 bridgehead atoms. The first kappa shape index (κ1) is 24.2. The fraction of sp³-hybridized carbons (Fsp3) is 0.296. The molecule has 4 rings (SSSR count). The van der Waals surface area contributed by atoms with Gasteiger partial charge in [0.1, 0.15) is 15.8 Å². The molecular formula is C27H29N3O2S2. The maximum atomic E-state index is 13.0. The fourth-order valence-corrected chi connectivity index (χ4v) is 5.32. The second-order valence-electron chi connectivity index (χ2n) is 8.54. The Bertz CT molecular complexity index is 1230. The summed E-state index contributed by atoms with van der Waals surface area (Å²) in [6.45, 7) is 8.86. The molecule has 0 N–H and O–H groups in total. The highest BCUT2D eigenvalue weighted by Crippen LogP contribution is 2.36. The Hall–Kier alpha value is -2.90. The summed E-state index contributed by atoms with van der Waals surface area (Å²) in [5, 5.41) is 4.92. The van der Waals surface area contributed by atoms with Crippen LogP contribution in [0.5, 0.6) is 5.75 Å². The van der Waals surface area contributed by atoms with E-state index in [1.165, 1.54) is 11.8 Å². The Balaban J connectivity index is 1.76. The lowest BCUT2D eigenvalue weighted by atomic mass is 10.0. The monoisotopic (exact) mass is 491 g/mol. The second kappa shape index (κ2) is 10.6. The van der Waals surface area contributed by atoms with Gasteiger partial charge in [0.2, 0.25) is 0 Å². The van der Waals surface area contributed by atoms with Crippen LogP contribution in [0.3, 0.4) is 0 Å². The lowest BCUT2D eigenvalue weighted by molar-refractivity contribution is -0.123. The molecule has 1 saturated heterocycles. The van der Waals surface area contributed by atoms with Gasteiger partial charge in [0.15, 0.2) is 0 Å². The molecule has 0 saturated carbocycles. The molecule has 1 aliphatic heterocycles. The summed E-state index contributed by atoms with van der Waals surface area (Å²) in [7, 11) is 0. The number of para-hydroxylation sites is 1. The Kier molecular flexibility index (Phi) is 7.54. The molecule has 0 aliphatic carbocycles. The zero-order chi connectivity index (χ0) is 24.2. The van der Waals surface area contributed by atoms with E-state index in [9.17, 15) is 4.79 Å². The van der Waals surface area contributed by atoms with Gasteiger partial charge in [-0.25, -0.2) is 4.68 Å². The molecule has 1 aromatic heterocycles. The van der Waals surface area contributed by atoms with E-state index in [4.69, 9.17) is 22.1 Å². The number of amides is 1. The summed E-state index contributed by atoms with van der Waals surface area (Å²) in [6.07, 6.45) is 6.01. The van der Waals surface area contributed by atoms with E-state index >= 15 is 0 Å². The molecule has 0 spiro atoms. The third-order valence-electron chi connectivity index (χ3n) is 5.61. The number of hydrogen-bond donors (Lipinski definition) is 0. The molecule has 2 aromatic carbocycles. The number of ether oxygens (including phenoxy) is 1. The highest BCUT2D eigenvalue weighted by molar-refractivity contribution is 8.26. The average molecular weight is 492 g/mol. The van der Waals surface area contributed by atoms with Gasteiger partial charge in [-0.15, -0.1) is 0 Å². The SMILES string of the molecule is CCCCOc1ccc(-c2nn(-c3ccccc3)cc2/C=C2\SC(=S)N(C(C)C)C2=O)c(C)c1. The number of rotatable bonds is 8. The van der Waals surface area contributed by atoms with Gasteiger partial charge in [-0.3, -0.25) is 9.69 Å². The van der Waals surface area contributed by atoms with Crippen LogP contribution in [-0.2, 0) is 4.79 Å². The molecule has 1 fully saturated rings. The molecule has 0 radical (unpaired) electrons. The lowest BCUT2D eigenvalue weighted by Gasteiger charge is -2.18. The Morgan fingerprint density at radius 2 is 1.94 bits per heavy atom. The van der Waals surface area contributed by atoms with Crippen molar-refractivity contribution in [1.29, 1.82) is 0 Å². The van der Waals surface area contributed by atoms with Gasteiger partial charge >= 0.3 is 0 Å². The molecule has 2 heterocycles. The quantitative estimate of drug-likeness (QED) is 0.201. The highest BCUT2D eigenvalue weighted by Gasteiger charge is 2.34. The topological polar surface area (TPSA) is 47.4 Å². The maximum absolute atomic E-state index is 13.0. The van der Waals surface area contributed by atoms with E-state index in [-0.39, 0.29) is 11.9 Å². The standard InChI is InChI=1S/C27H29N3O2S2/c1-5-6-14-32-22-12-13-23(19(4)15-22)25-20(17-29(28-25)21-10-8-7-9-11-21)16-24-26(31)30(18(2)3)27(33)34-24/h7-13,15-18H,5-6,14H2,1-4H3/b24-16-. The summed E-state index contributed by atoms with van der Waals surface area (Å²) in [4.78, 5) is 15.3. The van der Waals surface area contributed by atoms with Gasteiger partial charge in [-0.1, -0.05) is 55.5 Å². The molecule has 1 aliphatic rings. The third kappa shape index (κ3) is 5.10. The van der Waals surface area contributed by atoms with Crippen molar-refractivity contribution in [2.24, 2.45) is 0 Å². The van der Waals surface area contributed by atoms with Crippen LogP contribution in [0.2, 0.25) is 0 Å². The van der Waals surface area contributed by atoms with Gasteiger partial charge in [-0.05, 0) is 69.2 Å². The van der Waals surface area contributed by atoms with Gasteiger partial charge in [0.25, 0.3) is 5.91 Å². The van der Waals surface area contributed by atoms with Gasteiger partial charge < -0.3 is 4.74 Å². The first-order valence-electron chi connectivity index (χ1n) is 11.5. The Labute approximate surface area is 210 Å². The highest BCUT2D eigenvalue weighted by atomic mass is 32.2. The molecule has 3 aromatic rings. The number of carbonyl (C=O) groups is 1. The van der Waals surface area contributed by atoms with Crippen LogP contribution in [0.1, 0.15) is 44.7 Å². The average Bonchev–Trinajstić information content (AvgIpc) is 3.35. The predicted octanol–water partition coefficient (Wildman–Crippen LogP) is 6.64. The number of thioether (sulfide) groups is 1. The van der Waals surface area contributed by atoms with E-state index in [1.54, 1.807) is 4.90 Å². The van der Waals surface area contributed by atoms with Gasteiger partial charge in [0, 0.05) is 23.4 Å². The van der Waals surface area contributed by atoms with E-state index in [0.29, 0.717) is 15.8 Å². The summed E-state index contributed by atoms with van der Waals surface area (Å²) in [6, 6.07) is 16.1. The van der Waals surface area contributed by atoms with Crippen LogP contribution < -0.4 is 4.74 Å². The summed E-state index contributed by atoms with van der Waals surface area (Å²) >= 11 is 6.81. The van der Waals surface area contributed by atoms with Crippen molar-refractivity contribution in [3.8, 4) is 22.7 Å². The van der Waals surface area contributed by atoms with E-state index in [2.05, 4.69) is 19.9 Å². The van der Waals surface area contributed by atoms with E-state index in [1.807, 2.05) is 73.3 Å². The summed E-state index contributed by atoms with van der Waals surface area (Å²) in [5.41, 5.74) is 4.71. The molecule has 34 heavy (non-hydrogen) atoms. The number of carbonyl (C=O) groups excluding carboxylic acids is 1. The van der Waals surface area contributed by atoms with Crippen molar-refractivity contribution in [2.75, 3.05) is 6.61 Å². The number of unbranched alkanes of at least 4 members (excludes halogenated alkanes) is 1. The van der Waals surface area contributed by atoms with Gasteiger partial charge in [-0.2, -0.15) is 5.10 Å². The third-order valence-corrected chi connectivity index (χ3v) is 6.94. The Morgan fingerprint density at radius 1 is 1.18 bits per heavy atom. The number of hydrogen-bond acceptors (Lipinski definition) is 5. The number of aromatic nitrogens is 2. The zero-order valence-corrected chi connectivity index (χ0v) is 21.6. The fourth-order valence-electron chi connectivity index (χ4n) is 3.81. The summed E-state index contributed by atoms with van der Waals surface area (Å²) < 4.78 is 8.33. The van der Waals surface area contributed by atoms with Crippen LogP contribution in [0.15, 0.2) is 59.6 Å². The van der Waals surface area contributed by atoms with Crippen molar-refractivity contribution in [3.63, 3.8) is 0 Å². The number of nitrogens with zero attached hydrogens (tertiary/aromatic N) is 3. The van der Waals surface area contributed by atoms with Crippen molar-refractivity contribution >= 4 is 40.3 Å². The molecule has 1 amide bonds. The normalized spacial score (nSPS) is 15.1. The smallest absolute Gasteiger partial charge is 0.266 e. The van der Waals surface area contributed by atoms with Crippen molar-refractivity contribution < 1.29 is 9.53 Å². The first-order chi connectivity index (χ1) is 16.4.